The van der Waals surface area contributed by atoms with Crippen LogP contribution in [0.4, 0.5) is 0 Å². The van der Waals surface area contributed by atoms with Gasteiger partial charge in [0.2, 0.25) is 0 Å². The summed E-state index contributed by atoms with van der Waals surface area (Å²) in [5.74, 6) is 2.54. The van der Waals surface area contributed by atoms with Gasteiger partial charge in [-0.1, -0.05) is 44.6 Å². The van der Waals surface area contributed by atoms with Crippen molar-refractivity contribution in [1.82, 2.24) is 0 Å². The average molecular weight is 236 g/mol. The van der Waals surface area contributed by atoms with E-state index in [2.05, 4.69) is 30.4 Å². The minimum Gasteiger partial charge on any atom is -0.360 e. The maximum absolute atomic E-state index is 5.69. The van der Waals surface area contributed by atoms with E-state index in [1.807, 2.05) is 0 Å². The lowest BCUT2D eigenvalue weighted by atomic mass is 10.1. The Morgan fingerprint density at radius 1 is 1.44 bits per heavy atom. The largest absolute Gasteiger partial charge is 0.360 e. The molecule has 1 heterocycles. The molecule has 1 unspecified atom stereocenters. The van der Waals surface area contributed by atoms with Crippen molar-refractivity contribution >= 4 is 11.3 Å². The lowest BCUT2D eigenvalue weighted by molar-refractivity contribution is 0.0716. The Morgan fingerprint density at radius 2 is 2.31 bits per heavy atom. The Kier molecular flexibility index (Phi) is 6.96. The van der Waals surface area contributed by atoms with Gasteiger partial charge >= 0.3 is 0 Å². The molecule has 0 fully saturated rings. The first-order valence-electron chi connectivity index (χ1n) is 5.97. The molecule has 0 aliphatic rings. The van der Waals surface area contributed by atoms with E-state index in [-0.39, 0.29) is 6.10 Å². The highest BCUT2D eigenvalue weighted by atomic mass is 32.1. The molecule has 0 saturated heterocycles. The van der Waals surface area contributed by atoms with Crippen LogP contribution < -0.4 is 0 Å². The number of unbranched alkanes of at least 4 members (excludes halogenated alkanes) is 3. The van der Waals surface area contributed by atoms with Crippen LogP contribution in [0, 0.1) is 12.3 Å². The predicted octanol–water partition coefficient (Wildman–Crippen LogP) is 4.41. The smallest absolute Gasteiger partial charge is 0.108 e. The van der Waals surface area contributed by atoms with Crippen LogP contribution in [-0.2, 0) is 4.74 Å². The molecule has 0 spiro atoms. The molecule has 0 aliphatic carbocycles. The lowest BCUT2D eigenvalue weighted by Crippen LogP contribution is -2.03. The highest BCUT2D eigenvalue weighted by Crippen LogP contribution is 2.27. The van der Waals surface area contributed by atoms with Gasteiger partial charge in [0.05, 0.1) is 6.10 Å². The molecular formula is C14H20OS. The number of thiophene rings is 1. The third kappa shape index (κ3) is 4.83. The molecule has 1 rings (SSSR count). The number of terminal acetylenes is 1. The summed E-state index contributed by atoms with van der Waals surface area (Å²) in [6, 6.07) is 4.20. The summed E-state index contributed by atoms with van der Waals surface area (Å²) >= 11 is 1.75. The Balaban J connectivity index is 2.36. The van der Waals surface area contributed by atoms with Crippen LogP contribution in [-0.4, -0.2) is 6.61 Å². The van der Waals surface area contributed by atoms with Gasteiger partial charge < -0.3 is 4.74 Å². The second-order valence-corrected chi connectivity index (χ2v) is 4.85. The van der Waals surface area contributed by atoms with Crippen molar-refractivity contribution in [3.05, 3.63) is 22.4 Å². The van der Waals surface area contributed by atoms with E-state index in [4.69, 9.17) is 11.2 Å². The van der Waals surface area contributed by atoms with Crippen molar-refractivity contribution in [2.75, 3.05) is 6.61 Å². The fourth-order valence-corrected chi connectivity index (χ4v) is 2.50. The zero-order valence-electron chi connectivity index (χ0n) is 9.95. The molecule has 1 nitrogen and oxygen atoms in total. The number of ether oxygens (including phenoxy) is 1. The SMILES string of the molecule is C#CCOC(CCCCCC)c1cccs1. The number of hydrogen-bond acceptors (Lipinski definition) is 2. The van der Waals surface area contributed by atoms with Crippen LogP contribution in [0.3, 0.4) is 0 Å². The summed E-state index contributed by atoms with van der Waals surface area (Å²) in [5.41, 5.74) is 0. The maximum Gasteiger partial charge on any atom is 0.108 e. The minimum absolute atomic E-state index is 0.202. The standard InChI is InChI=1S/C14H20OS/c1-3-5-6-7-9-13(15-11-4-2)14-10-8-12-16-14/h2,8,10,12-13H,3,5-7,9,11H2,1H3. The van der Waals surface area contributed by atoms with E-state index >= 15 is 0 Å². The molecular weight excluding hydrogens is 216 g/mol. The molecule has 2 heteroatoms. The van der Waals surface area contributed by atoms with Crippen molar-refractivity contribution in [1.29, 1.82) is 0 Å². The first-order chi connectivity index (χ1) is 7.88. The quantitative estimate of drug-likeness (QED) is 0.480. The molecule has 0 aliphatic heterocycles. The fourth-order valence-electron chi connectivity index (χ4n) is 1.69. The third-order valence-corrected chi connectivity index (χ3v) is 3.51. The zero-order chi connectivity index (χ0) is 11.6. The first kappa shape index (κ1) is 13.3. The summed E-state index contributed by atoms with van der Waals surface area (Å²) in [7, 11) is 0. The maximum atomic E-state index is 5.69. The van der Waals surface area contributed by atoms with Crippen LogP contribution in [0.1, 0.15) is 50.0 Å². The molecule has 0 amide bonds. The van der Waals surface area contributed by atoms with E-state index in [0.717, 1.165) is 6.42 Å². The first-order valence-corrected chi connectivity index (χ1v) is 6.85. The Morgan fingerprint density at radius 3 is 2.94 bits per heavy atom. The van der Waals surface area contributed by atoms with E-state index in [0.29, 0.717) is 6.61 Å². The van der Waals surface area contributed by atoms with Gasteiger partial charge in [0, 0.05) is 4.88 Å². The number of hydrogen-bond donors (Lipinski definition) is 0. The molecule has 0 bridgehead atoms. The highest BCUT2D eigenvalue weighted by Gasteiger charge is 2.11. The average Bonchev–Trinajstić information content (AvgIpc) is 2.82. The van der Waals surface area contributed by atoms with Crippen LogP contribution in [0.2, 0.25) is 0 Å². The minimum atomic E-state index is 0.202. The van der Waals surface area contributed by atoms with Gasteiger partial charge in [-0.3, -0.25) is 0 Å². The van der Waals surface area contributed by atoms with E-state index in [9.17, 15) is 0 Å². The summed E-state index contributed by atoms with van der Waals surface area (Å²) < 4.78 is 5.69. The molecule has 0 radical (unpaired) electrons. The van der Waals surface area contributed by atoms with Crippen LogP contribution >= 0.6 is 11.3 Å². The van der Waals surface area contributed by atoms with Gasteiger partial charge in [-0.25, -0.2) is 0 Å². The molecule has 88 valence electrons. The van der Waals surface area contributed by atoms with Crippen LogP contribution in [0.5, 0.6) is 0 Å². The van der Waals surface area contributed by atoms with E-state index in [1.54, 1.807) is 11.3 Å². The van der Waals surface area contributed by atoms with Crippen molar-refractivity contribution in [3.8, 4) is 12.3 Å². The lowest BCUT2D eigenvalue weighted by Gasteiger charge is -2.14. The Bertz CT molecular complexity index is 297. The summed E-state index contributed by atoms with van der Waals surface area (Å²) in [5, 5.41) is 2.09. The summed E-state index contributed by atoms with van der Waals surface area (Å²) in [6.07, 6.45) is 11.6. The molecule has 0 N–H and O–H groups in total. The summed E-state index contributed by atoms with van der Waals surface area (Å²) in [6.45, 7) is 2.64. The topological polar surface area (TPSA) is 9.23 Å². The predicted molar refractivity (Wildman–Crippen MR) is 70.6 cm³/mol. The number of rotatable bonds is 8. The second-order valence-electron chi connectivity index (χ2n) is 3.87. The third-order valence-electron chi connectivity index (χ3n) is 2.55. The second kappa shape index (κ2) is 8.38. The van der Waals surface area contributed by atoms with Gasteiger partial charge in [-0.2, -0.15) is 0 Å². The molecule has 1 aromatic rings. The summed E-state index contributed by atoms with van der Waals surface area (Å²) in [4.78, 5) is 1.30. The molecule has 16 heavy (non-hydrogen) atoms. The van der Waals surface area contributed by atoms with Crippen molar-refractivity contribution in [3.63, 3.8) is 0 Å². The van der Waals surface area contributed by atoms with Gasteiger partial charge in [-0.05, 0) is 17.9 Å². The highest BCUT2D eigenvalue weighted by molar-refractivity contribution is 7.10. The Hall–Kier alpha value is -0.780. The van der Waals surface area contributed by atoms with Gasteiger partial charge in [0.1, 0.15) is 6.61 Å². The molecule has 0 aromatic carbocycles. The molecule has 1 atom stereocenters. The van der Waals surface area contributed by atoms with Crippen molar-refractivity contribution < 1.29 is 4.74 Å². The van der Waals surface area contributed by atoms with Gasteiger partial charge in [0.25, 0.3) is 0 Å². The monoisotopic (exact) mass is 236 g/mol. The van der Waals surface area contributed by atoms with E-state index in [1.165, 1.54) is 30.6 Å². The molecule has 0 saturated carbocycles. The normalized spacial score (nSPS) is 12.2. The van der Waals surface area contributed by atoms with Gasteiger partial charge in [-0.15, -0.1) is 17.8 Å². The van der Waals surface area contributed by atoms with Crippen LogP contribution in [0.15, 0.2) is 17.5 Å². The van der Waals surface area contributed by atoms with Crippen molar-refractivity contribution in [2.45, 2.75) is 45.1 Å². The zero-order valence-corrected chi connectivity index (χ0v) is 10.8. The fraction of sp³-hybridized carbons (Fsp3) is 0.571. The van der Waals surface area contributed by atoms with Crippen molar-refractivity contribution in [2.24, 2.45) is 0 Å². The van der Waals surface area contributed by atoms with Gasteiger partial charge in [0.15, 0.2) is 0 Å². The van der Waals surface area contributed by atoms with E-state index < -0.39 is 0 Å². The molecule has 1 aromatic heterocycles. The van der Waals surface area contributed by atoms with Crippen LogP contribution in [0.25, 0.3) is 0 Å². The Labute approximate surface area is 103 Å².